The Hall–Kier alpha value is -1.63. The third-order valence-corrected chi connectivity index (χ3v) is 2.53. The maximum Gasteiger partial charge on any atom is 0.220 e. The molecule has 0 fully saturated rings. The van der Waals surface area contributed by atoms with E-state index in [-0.39, 0.29) is 10.2 Å². The summed E-state index contributed by atoms with van der Waals surface area (Å²) in [5.41, 5.74) is -0.792. The molecule has 0 amide bonds. The van der Waals surface area contributed by atoms with Crippen LogP contribution in [0.3, 0.4) is 0 Å². The van der Waals surface area contributed by atoms with Gasteiger partial charge in [0.25, 0.3) is 0 Å². The van der Waals surface area contributed by atoms with Gasteiger partial charge in [0.05, 0.1) is 16.2 Å². The molecule has 2 aromatic rings. The van der Waals surface area contributed by atoms with E-state index in [2.05, 4.69) is 31.3 Å². The lowest BCUT2D eigenvalue weighted by atomic mass is 10.1. The predicted molar refractivity (Wildman–Crippen MR) is 53.9 cm³/mol. The molecule has 1 heterocycles. The standard InChI is InChI=1S/C9H4BrF2N3O/c10-4-1-2-5(11)7(8(4)12)9(16)6-3-13-15-14-6/h1-3H,(H,13,14,15). The molecule has 82 valence electrons. The second kappa shape index (κ2) is 4.09. The van der Waals surface area contributed by atoms with Gasteiger partial charge in [-0.05, 0) is 28.1 Å². The first-order chi connectivity index (χ1) is 7.61. The zero-order valence-corrected chi connectivity index (χ0v) is 9.25. The highest BCUT2D eigenvalue weighted by Gasteiger charge is 2.22. The van der Waals surface area contributed by atoms with Crippen LogP contribution in [-0.4, -0.2) is 21.2 Å². The number of carbonyl (C=O) groups excluding carboxylic acids is 1. The lowest BCUT2D eigenvalue weighted by Gasteiger charge is -2.03. The molecule has 1 aromatic heterocycles. The lowest BCUT2D eigenvalue weighted by molar-refractivity contribution is 0.102. The Labute approximate surface area is 96.8 Å². The number of nitrogens with one attached hydrogen (secondary N) is 1. The van der Waals surface area contributed by atoms with E-state index in [1.54, 1.807) is 0 Å². The van der Waals surface area contributed by atoms with Crippen LogP contribution in [0, 0.1) is 11.6 Å². The van der Waals surface area contributed by atoms with Crippen LogP contribution in [-0.2, 0) is 0 Å². The van der Waals surface area contributed by atoms with E-state index in [0.717, 1.165) is 12.3 Å². The quantitative estimate of drug-likeness (QED) is 0.680. The highest BCUT2D eigenvalue weighted by Crippen LogP contribution is 2.23. The van der Waals surface area contributed by atoms with Gasteiger partial charge in [-0.25, -0.2) is 8.78 Å². The summed E-state index contributed by atoms with van der Waals surface area (Å²) in [7, 11) is 0. The van der Waals surface area contributed by atoms with E-state index < -0.39 is 23.0 Å². The number of carbonyl (C=O) groups is 1. The van der Waals surface area contributed by atoms with E-state index in [9.17, 15) is 13.6 Å². The van der Waals surface area contributed by atoms with Crippen molar-refractivity contribution in [3.05, 3.63) is 45.7 Å². The van der Waals surface area contributed by atoms with Crippen LogP contribution in [0.25, 0.3) is 0 Å². The summed E-state index contributed by atoms with van der Waals surface area (Å²) in [4.78, 5) is 11.7. The molecule has 0 aliphatic rings. The van der Waals surface area contributed by atoms with Crippen LogP contribution in [0.2, 0.25) is 0 Å². The van der Waals surface area contributed by atoms with Gasteiger partial charge in [-0.1, -0.05) is 0 Å². The topological polar surface area (TPSA) is 58.6 Å². The van der Waals surface area contributed by atoms with Crippen LogP contribution >= 0.6 is 15.9 Å². The molecule has 0 radical (unpaired) electrons. The van der Waals surface area contributed by atoms with Gasteiger partial charge >= 0.3 is 0 Å². The highest BCUT2D eigenvalue weighted by molar-refractivity contribution is 9.10. The second-order valence-electron chi connectivity index (χ2n) is 2.90. The summed E-state index contributed by atoms with van der Waals surface area (Å²) in [6.45, 7) is 0. The first-order valence-corrected chi connectivity index (χ1v) is 4.94. The summed E-state index contributed by atoms with van der Waals surface area (Å²) >= 11 is 2.87. The molecule has 0 aliphatic heterocycles. The average molecular weight is 288 g/mol. The highest BCUT2D eigenvalue weighted by atomic mass is 79.9. The monoisotopic (exact) mass is 287 g/mol. The Bertz CT molecular complexity index is 542. The fraction of sp³-hybridized carbons (Fsp3) is 0. The fourth-order valence-corrected chi connectivity index (χ4v) is 1.50. The molecule has 0 saturated carbocycles. The van der Waals surface area contributed by atoms with Gasteiger partial charge in [-0.15, -0.1) is 0 Å². The minimum atomic E-state index is -0.951. The zero-order chi connectivity index (χ0) is 11.7. The normalized spacial score (nSPS) is 10.4. The van der Waals surface area contributed by atoms with Gasteiger partial charge in [-0.2, -0.15) is 15.4 Å². The van der Waals surface area contributed by atoms with E-state index >= 15 is 0 Å². The van der Waals surface area contributed by atoms with Crippen LogP contribution in [0.4, 0.5) is 8.78 Å². The minimum absolute atomic E-state index is 0.0146. The lowest BCUT2D eigenvalue weighted by Crippen LogP contribution is -2.08. The molecule has 0 atom stereocenters. The van der Waals surface area contributed by atoms with Crippen molar-refractivity contribution in [3.63, 3.8) is 0 Å². The number of aromatic amines is 1. The number of nitrogens with zero attached hydrogens (tertiary/aromatic N) is 2. The van der Waals surface area contributed by atoms with Gasteiger partial charge in [0, 0.05) is 0 Å². The number of aromatic nitrogens is 3. The van der Waals surface area contributed by atoms with Crippen molar-refractivity contribution in [2.45, 2.75) is 0 Å². The Morgan fingerprint density at radius 1 is 1.38 bits per heavy atom. The molecular weight excluding hydrogens is 284 g/mol. The summed E-state index contributed by atoms with van der Waals surface area (Å²) in [6, 6.07) is 2.19. The molecule has 1 aromatic carbocycles. The molecule has 7 heteroatoms. The Kier molecular flexibility index (Phi) is 2.78. The van der Waals surface area contributed by atoms with Crippen LogP contribution in [0.15, 0.2) is 22.8 Å². The summed E-state index contributed by atoms with van der Waals surface area (Å²) < 4.78 is 26.9. The SMILES string of the molecule is O=C(c1cn[nH]n1)c1c(F)ccc(Br)c1F. The van der Waals surface area contributed by atoms with E-state index in [0.29, 0.717) is 0 Å². The smallest absolute Gasteiger partial charge is 0.220 e. The molecule has 2 rings (SSSR count). The van der Waals surface area contributed by atoms with Crippen molar-refractivity contribution in [1.82, 2.24) is 15.4 Å². The number of H-pyrrole nitrogens is 1. The van der Waals surface area contributed by atoms with Crippen molar-refractivity contribution < 1.29 is 13.6 Å². The maximum absolute atomic E-state index is 13.5. The second-order valence-corrected chi connectivity index (χ2v) is 3.76. The summed E-state index contributed by atoms with van der Waals surface area (Å²) in [6.07, 6.45) is 1.10. The van der Waals surface area contributed by atoms with Crippen LogP contribution in [0.1, 0.15) is 16.1 Å². The van der Waals surface area contributed by atoms with Crippen molar-refractivity contribution in [2.75, 3.05) is 0 Å². The predicted octanol–water partition coefficient (Wildman–Crippen LogP) is 2.08. The van der Waals surface area contributed by atoms with Crippen molar-refractivity contribution in [3.8, 4) is 0 Å². The Morgan fingerprint density at radius 3 is 2.75 bits per heavy atom. The number of rotatable bonds is 2. The number of halogens is 3. The number of ketones is 1. The molecular formula is C9H4BrF2N3O. The Morgan fingerprint density at radius 2 is 2.12 bits per heavy atom. The van der Waals surface area contributed by atoms with Gasteiger partial charge < -0.3 is 0 Å². The first kappa shape index (κ1) is 10.9. The maximum atomic E-state index is 13.5. The van der Waals surface area contributed by atoms with Crippen molar-refractivity contribution in [1.29, 1.82) is 0 Å². The average Bonchev–Trinajstić information content (AvgIpc) is 2.77. The van der Waals surface area contributed by atoms with Gasteiger partial charge in [0.2, 0.25) is 5.78 Å². The van der Waals surface area contributed by atoms with Crippen LogP contribution in [0.5, 0.6) is 0 Å². The largest absolute Gasteiger partial charge is 0.286 e. The minimum Gasteiger partial charge on any atom is -0.286 e. The van der Waals surface area contributed by atoms with Crippen LogP contribution < -0.4 is 0 Å². The third-order valence-electron chi connectivity index (χ3n) is 1.92. The molecule has 0 spiro atoms. The number of hydrogen-bond acceptors (Lipinski definition) is 3. The van der Waals surface area contributed by atoms with Gasteiger partial charge in [0.15, 0.2) is 11.5 Å². The molecule has 0 bridgehead atoms. The third kappa shape index (κ3) is 1.73. The molecule has 0 saturated heterocycles. The molecule has 1 N–H and O–H groups in total. The molecule has 16 heavy (non-hydrogen) atoms. The fourth-order valence-electron chi connectivity index (χ4n) is 1.17. The molecule has 4 nitrogen and oxygen atoms in total. The van der Waals surface area contributed by atoms with E-state index in [1.807, 2.05) is 0 Å². The number of hydrogen-bond donors (Lipinski definition) is 1. The summed E-state index contributed by atoms with van der Waals surface area (Å²) in [5.74, 6) is -2.74. The molecule has 0 aliphatic carbocycles. The van der Waals surface area contributed by atoms with Gasteiger partial charge in [-0.3, -0.25) is 4.79 Å². The van der Waals surface area contributed by atoms with Gasteiger partial charge in [0.1, 0.15) is 5.82 Å². The molecule has 0 unspecified atom stereocenters. The van der Waals surface area contributed by atoms with Crippen molar-refractivity contribution in [2.24, 2.45) is 0 Å². The zero-order valence-electron chi connectivity index (χ0n) is 7.67. The Balaban J connectivity index is 2.56. The van der Waals surface area contributed by atoms with E-state index in [4.69, 9.17) is 0 Å². The number of benzene rings is 1. The first-order valence-electron chi connectivity index (χ1n) is 4.15. The van der Waals surface area contributed by atoms with E-state index in [1.165, 1.54) is 6.07 Å². The van der Waals surface area contributed by atoms with Crippen molar-refractivity contribution >= 4 is 21.7 Å². The summed E-state index contributed by atoms with van der Waals surface area (Å²) in [5, 5.41) is 9.06.